The Balaban J connectivity index is 2.02. The fraction of sp³-hybridized carbons (Fsp3) is 0.733. The molecule has 1 saturated heterocycles. The van der Waals surface area contributed by atoms with E-state index in [-0.39, 0.29) is 0 Å². The summed E-state index contributed by atoms with van der Waals surface area (Å²) in [6, 6.07) is 6.17. The Morgan fingerprint density at radius 2 is 2.16 bits per heavy atom. The van der Waals surface area contributed by atoms with E-state index in [1.807, 2.05) is 11.3 Å². The fourth-order valence-corrected chi connectivity index (χ4v) is 4.36. The van der Waals surface area contributed by atoms with Crippen molar-refractivity contribution in [2.75, 3.05) is 13.1 Å². The predicted octanol–water partition coefficient (Wildman–Crippen LogP) is 4.42. The smallest absolute Gasteiger partial charge is 0.0701 e. The molecule has 1 aromatic rings. The molecule has 2 atom stereocenters. The second-order valence-corrected chi connectivity index (χ2v) is 8.25. The van der Waals surface area contributed by atoms with Crippen LogP contribution in [0.25, 0.3) is 0 Å². The first-order valence-corrected chi connectivity index (χ1v) is 8.93. The average Bonchev–Trinajstić information content (AvgIpc) is 2.83. The number of halogens is 1. The highest BCUT2D eigenvalue weighted by Gasteiger charge is 2.24. The summed E-state index contributed by atoms with van der Waals surface area (Å²) in [6.07, 6.45) is 4.04. The van der Waals surface area contributed by atoms with Gasteiger partial charge in [0.05, 0.1) is 3.79 Å². The van der Waals surface area contributed by atoms with E-state index in [0.29, 0.717) is 18.1 Å². The van der Waals surface area contributed by atoms with Crippen LogP contribution in [0, 0.1) is 0 Å². The summed E-state index contributed by atoms with van der Waals surface area (Å²) in [5, 5.41) is 3.67. The summed E-state index contributed by atoms with van der Waals surface area (Å²) in [6.45, 7) is 9.30. The molecule has 0 aromatic carbocycles. The van der Waals surface area contributed by atoms with Crippen LogP contribution < -0.4 is 5.32 Å². The van der Waals surface area contributed by atoms with Gasteiger partial charge in [0.25, 0.3) is 0 Å². The van der Waals surface area contributed by atoms with Crippen LogP contribution in [0.1, 0.15) is 51.0 Å². The first-order chi connectivity index (χ1) is 9.08. The maximum Gasteiger partial charge on any atom is 0.0701 e. The normalized spacial score (nSPS) is 22.1. The van der Waals surface area contributed by atoms with Gasteiger partial charge in [-0.15, -0.1) is 11.3 Å². The van der Waals surface area contributed by atoms with Gasteiger partial charge in [0.15, 0.2) is 0 Å². The number of rotatable bonds is 5. The van der Waals surface area contributed by atoms with Gasteiger partial charge in [-0.05, 0) is 68.2 Å². The van der Waals surface area contributed by atoms with Crippen molar-refractivity contribution < 1.29 is 0 Å². The monoisotopic (exact) mass is 344 g/mol. The highest BCUT2D eigenvalue weighted by molar-refractivity contribution is 9.11. The first-order valence-electron chi connectivity index (χ1n) is 7.32. The predicted molar refractivity (Wildman–Crippen MR) is 87.9 cm³/mol. The Morgan fingerprint density at radius 1 is 1.37 bits per heavy atom. The molecule has 0 bridgehead atoms. The van der Waals surface area contributed by atoms with E-state index in [1.165, 1.54) is 34.5 Å². The van der Waals surface area contributed by atoms with Gasteiger partial charge in [-0.25, -0.2) is 0 Å². The summed E-state index contributed by atoms with van der Waals surface area (Å²) in [4.78, 5) is 4.08. The second-order valence-electron chi connectivity index (χ2n) is 5.76. The van der Waals surface area contributed by atoms with Crippen LogP contribution in [0.3, 0.4) is 0 Å². The number of hydrogen-bond donors (Lipinski definition) is 1. The molecule has 2 heterocycles. The maximum atomic E-state index is 3.67. The molecule has 0 spiro atoms. The Labute approximate surface area is 129 Å². The molecule has 108 valence electrons. The van der Waals surface area contributed by atoms with Gasteiger partial charge in [-0.3, -0.25) is 4.90 Å². The van der Waals surface area contributed by atoms with E-state index in [2.05, 4.69) is 59.1 Å². The minimum atomic E-state index is 0.500. The molecular weight excluding hydrogens is 320 g/mol. The Kier molecular flexibility index (Phi) is 5.87. The van der Waals surface area contributed by atoms with Gasteiger partial charge in [-0.2, -0.15) is 0 Å². The Morgan fingerprint density at radius 3 is 2.68 bits per heavy atom. The molecule has 4 heteroatoms. The minimum Gasteiger partial charge on any atom is -0.313 e. The molecule has 1 aliphatic rings. The van der Waals surface area contributed by atoms with E-state index in [4.69, 9.17) is 0 Å². The molecule has 2 nitrogen and oxygen atoms in total. The molecule has 0 amide bonds. The van der Waals surface area contributed by atoms with Crippen molar-refractivity contribution in [2.45, 2.75) is 58.2 Å². The Hall–Kier alpha value is 0.1000. The highest BCUT2D eigenvalue weighted by atomic mass is 79.9. The molecule has 1 fully saturated rings. The average molecular weight is 345 g/mol. The topological polar surface area (TPSA) is 15.3 Å². The second kappa shape index (κ2) is 7.21. The van der Waals surface area contributed by atoms with Crippen molar-refractivity contribution in [3.05, 3.63) is 20.8 Å². The van der Waals surface area contributed by atoms with Gasteiger partial charge >= 0.3 is 0 Å². The zero-order chi connectivity index (χ0) is 13.8. The molecule has 1 N–H and O–H groups in total. The molecule has 2 unspecified atom stereocenters. The number of nitrogens with one attached hydrogen (secondary N) is 1. The van der Waals surface area contributed by atoms with Crippen molar-refractivity contribution in [3.8, 4) is 0 Å². The third-order valence-electron chi connectivity index (χ3n) is 4.01. The van der Waals surface area contributed by atoms with E-state index in [1.54, 1.807) is 0 Å². The summed E-state index contributed by atoms with van der Waals surface area (Å²) in [5.74, 6) is 0. The highest BCUT2D eigenvalue weighted by Crippen LogP contribution is 2.31. The molecule has 0 radical (unpaired) electrons. The zero-order valence-corrected chi connectivity index (χ0v) is 14.6. The quantitative estimate of drug-likeness (QED) is 0.850. The van der Waals surface area contributed by atoms with Gasteiger partial charge in [0.1, 0.15) is 0 Å². The number of piperidine rings is 1. The van der Waals surface area contributed by atoms with Crippen molar-refractivity contribution in [3.63, 3.8) is 0 Å². The largest absolute Gasteiger partial charge is 0.313 e. The van der Waals surface area contributed by atoms with Gasteiger partial charge < -0.3 is 5.32 Å². The SMILES string of the molecule is CC(C)N(CC1CCCCN1)C(C)c1ccc(Br)s1. The molecule has 19 heavy (non-hydrogen) atoms. The fourth-order valence-electron chi connectivity index (χ4n) is 2.87. The molecule has 2 rings (SSSR count). The Bertz CT molecular complexity index is 385. The van der Waals surface area contributed by atoms with Crippen molar-refractivity contribution in [1.29, 1.82) is 0 Å². The summed E-state index contributed by atoms with van der Waals surface area (Å²) in [7, 11) is 0. The summed E-state index contributed by atoms with van der Waals surface area (Å²) < 4.78 is 1.23. The van der Waals surface area contributed by atoms with E-state index in [0.717, 1.165) is 6.54 Å². The third-order valence-corrected chi connectivity index (χ3v) is 5.80. The molecule has 0 aliphatic carbocycles. The number of thiophene rings is 1. The van der Waals surface area contributed by atoms with E-state index >= 15 is 0 Å². The van der Waals surface area contributed by atoms with Crippen molar-refractivity contribution in [2.24, 2.45) is 0 Å². The van der Waals surface area contributed by atoms with Crippen molar-refractivity contribution >= 4 is 27.3 Å². The number of nitrogens with zero attached hydrogens (tertiary/aromatic N) is 1. The van der Waals surface area contributed by atoms with E-state index in [9.17, 15) is 0 Å². The van der Waals surface area contributed by atoms with Crippen LogP contribution in [0.15, 0.2) is 15.9 Å². The van der Waals surface area contributed by atoms with Gasteiger partial charge in [0.2, 0.25) is 0 Å². The molecule has 1 aliphatic heterocycles. The van der Waals surface area contributed by atoms with Crippen LogP contribution in [-0.4, -0.2) is 30.1 Å². The van der Waals surface area contributed by atoms with Gasteiger partial charge in [-0.1, -0.05) is 6.42 Å². The lowest BCUT2D eigenvalue weighted by Gasteiger charge is -2.36. The molecular formula is C15H25BrN2S. The lowest BCUT2D eigenvalue weighted by molar-refractivity contribution is 0.140. The maximum absolute atomic E-state index is 3.67. The zero-order valence-electron chi connectivity index (χ0n) is 12.2. The lowest BCUT2D eigenvalue weighted by Crippen LogP contribution is -2.46. The minimum absolute atomic E-state index is 0.500. The third kappa shape index (κ3) is 4.28. The van der Waals surface area contributed by atoms with Crippen molar-refractivity contribution in [1.82, 2.24) is 10.2 Å². The van der Waals surface area contributed by atoms with Crippen LogP contribution in [0.2, 0.25) is 0 Å². The van der Waals surface area contributed by atoms with Crippen LogP contribution in [0.4, 0.5) is 0 Å². The molecule has 0 saturated carbocycles. The molecule has 1 aromatic heterocycles. The van der Waals surface area contributed by atoms with Gasteiger partial charge in [0, 0.05) is 29.5 Å². The van der Waals surface area contributed by atoms with Crippen LogP contribution >= 0.6 is 27.3 Å². The number of hydrogen-bond acceptors (Lipinski definition) is 3. The lowest BCUT2D eigenvalue weighted by atomic mass is 10.0. The summed E-state index contributed by atoms with van der Waals surface area (Å²) >= 11 is 5.43. The van der Waals surface area contributed by atoms with E-state index < -0.39 is 0 Å². The summed E-state index contributed by atoms with van der Waals surface area (Å²) in [5.41, 5.74) is 0. The van der Waals surface area contributed by atoms with Crippen LogP contribution in [0.5, 0.6) is 0 Å². The first kappa shape index (κ1) is 15.5. The van der Waals surface area contributed by atoms with Crippen LogP contribution in [-0.2, 0) is 0 Å². The standard InChI is InChI=1S/C15H25BrN2S/c1-11(2)18(10-13-6-4-5-9-17-13)12(3)14-7-8-15(16)19-14/h7-8,11-13,17H,4-6,9-10H2,1-3H3.